The van der Waals surface area contributed by atoms with E-state index in [2.05, 4.69) is 41.1 Å². The van der Waals surface area contributed by atoms with E-state index in [0.29, 0.717) is 18.0 Å². The summed E-state index contributed by atoms with van der Waals surface area (Å²) < 4.78 is 3.60. The minimum absolute atomic E-state index is 0.0196. The molecule has 0 bridgehead atoms. The molecule has 6 heterocycles. The van der Waals surface area contributed by atoms with Gasteiger partial charge in [-0.15, -0.1) is 0 Å². The molecule has 4 aromatic rings. The quantitative estimate of drug-likeness (QED) is 0.450. The summed E-state index contributed by atoms with van der Waals surface area (Å²) in [6.07, 6.45) is 7.98. The maximum Gasteiger partial charge on any atom is 0.255 e. The van der Waals surface area contributed by atoms with E-state index < -0.39 is 0 Å². The van der Waals surface area contributed by atoms with E-state index in [1.54, 1.807) is 10.9 Å². The second-order valence-corrected chi connectivity index (χ2v) is 10.3. The highest BCUT2D eigenvalue weighted by Crippen LogP contribution is 2.34. The van der Waals surface area contributed by atoms with Crippen molar-refractivity contribution in [2.24, 2.45) is 13.0 Å². The predicted octanol–water partition coefficient (Wildman–Crippen LogP) is 3.84. The molecule has 2 fully saturated rings. The average molecular weight is 473 g/mol. The third-order valence-corrected chi connectivity index (χ3v) is 7.52. The molecule has 0 unspecified atom stereocenters. The van der Waals surface area contributed by atoms with Crippen LogP contribution in [-0.4, -0.2) is 59.8 Å². The standard InChI is InChI=1S/C26H32N8O/c1-16-8-10-32(14-16)24-17(2)15-34-23(29-24)12-21(30-34)22-7-5-6-9-33(22)26(35)19-11-18(3)28-25-20(19)13-27-31(25)4/h11-13,15-16,22H,5-10,14H2,1-4H3/t16-,22-/m0/s1. The number of carbonyl (C=O) groups excluding carboxylic acids is 1. The van der Waals surface area contributed by atoms with E-state index in [4.69, 9.17) is 10.1 Å². The van der Waals surface area contributed by atoms with Crippen LogP contribution < -0.4 is 4.90 Å². The maximum absolute atomic E-state index is 13.9. The number of anilines is 1. The molecule has 35 heavy (non-hydrogen) atoms. The van der Waals surface area contributed by atoms with Crippen molar-refractivity contribution in [1.29, 1.82) is 0 Å². The van der Waals surface area contributed by atoms with Crippen LogP contribution in [0.25, 0.3) is 16.7 Å². The molecular formula is C26H32N8O. The van der Waals surface area contributed by atoms with E-state index in [1.807, 2.05) is 29.5 Å². The number of hydrogen-bond donors (Lipinski definition) is 0. The molecule has 0 aromatic carbocycles. The summed E-state index contributed by atoms with van der Waals surface area (Å²) in [5, 5.41) is 10.0. The Kier molecular flexibility index (Phi) is 5.23. The molecule has 9 nitrogen and oxygen atoms in total. The van der Waals surface area contributed by atoms with Crippen LogP contribution in [0.2, 0.25) is 0 Å². The molecule has 2 atom stereocenters. The van der Waals surface area contributed by atoms with Gasteiger partial charge >= 0.3 is 0 Å². The van der Waals surface area contributed by atoms with Crippen molar-refractivity contribution < 1.29 is 4.79 Å². The van der Waals surface area contributed by atoms with Gasteiger partial charge in [0.1, 0.15) is 5.82 Å². The second-order valence-electron chi connectivity index (χ2n) is 10.3. The summed E-state index contributed by atoms with van der Waals surface area (Å²) in [6.45, 7) is 9.13. The van der Waals surface area contributed by atoms with E-state index in [-0.39, 0.29) is 11.9 Å². The molecule has 0 spiro atoms. The number of nitrogens with zero attached hydrogens (tertiary/aromatic N) is 8. The molecule has 1 amide bonds. The van der Waals surface area contributed by atoms with Crippen LogP contribution in [0, 0.1) is 19.8 Å². The Morgan fingerprint density at radius 3 is 2.74 bits per heavy atom. The topological polar surface area (TPSA) is 84.5 Å². The zero-order valence-electron chi connectivity index (χ0n) is 20.9. The first kappa shape index (κ1) is 22.0. The second kappa shape index (κ2) is 8.32. The number of hydrogen-bond acceptors (Lipinski definition) is 6. The highest BCUT2D eigenvalue weighted by Gasteiger charge is 2.32. The number of aryl methyl sites for hydroxylation is 3. The first-order valence-electron chi connectivity index (χ1n) is 12.6. The Labute approximate surface area is 204 Å². The van der Waals surface area contributed by atoms with Gasteiger partial charge in [0, 0.05) is 50.2 Å². The minimum atomic E-state index is -0.0753. The van der Waals surface area contributed by atoms with Crippen molar-refractivity contribution in [2.75, 3.05) is 24.5 Å². The van der Waals surface area contributed by atoms with Gasteiger partial charge in [-0.2, -0.15) is 10.2 Å². The Hall–Kier alpha value is -3.49. The van der Waals surface area contributed by atoms with Crippen molar-refractivity contribution in [2.45, 2.75) is 52.5 Å². The number of piperidine rings is 1. The van der Waals surface area contributed by atoms with Crippen molar-refractivity contribution in [1.82, 2.24) is 34.3 Å². The normalized spacial score (nSPS) is 20.9. The highest BCUT2D eigenvalue weighted by atomic mass is 16.2. The first-order valence-corrected chi connectivity index (χ1v) is 12.6. The lowest BCUT2D eigenvalue weighted by atomic mass is 9.97. The fourth-order valence-electron chi connectivity index (χ4n) is 5.68. The first-order chi connectivity index (χ1) is 16.9. The molecule has 9 heteroatoms. The Bertz CT molecular complexity index is 1440. The van der Waals surface area contributed by atoms with Gasteiger partial charge in [0.2, 0.25) is 0 Å². The SMILES string of the molecule is Cc1cc(C(=O)N2CCCC[C@H]2c2cc3nc(N4CC[C@H](C)C4)c(C)cn3n2)c2cnn(C)c2n1. The largest absolute Gasteiger partial charge is 0.356 e. The number of amides is 1. The van der Waals surface area contributed by atoms with Crippen molar-refractivity contribution in [3.63, 3.8) is 0 Å². The van der Waals surface area contributed by atoms with Crippen LogP contribution in [0.3, 0.4) is 0 Å². The van der Waals surface area contributed by atoms with Crippen molar-refractivity contribution >= 4 is 28.4 Å². The van der Waals surface area contributed by atoms with Gasteiger partial charge in [0.05, 0.1) is 28.9 Å². The summed E-state index contributed by atoms with van der Waals surface area (Å²) in [6, 6.07) is 3.88. The molecule has 2 aliphatic rings. The molecule has 0 aliphatic carbocycles. The van der Waals surface area contributed by atoms with Crippen LogP contribution in [0.5, 0.6) is 0 Å². The Morgan fingerprint density at radius 2 is 1.94 bits per heavy atom. The van der Waals surface area contributed by atoms with Gasteiger partial charge < -0.3 is 9.80 Å². The number of carbonyl (C=O) groups is 1. The predicted molar refractivity (Wildman–Crippen MR) is 135 cm³/mol. The third kappa shape index (κ3) is 3.73. The van der Waals surface area contributed by atoms with Gasteiger partial charge in [0.25, 0.3) is 5.91 Å². The molecule has 0 radical (unpaired) electrons. The van der Waals surface area contributed by atoms with Crippen LogP contribution in [-0.2, 0) is 7.05 Å². The van der Waals surface area contributed by atoms with Crippen molar-refractivity contribution in [3.8, 4) is 0 Å². The summed E-state index contributed by atoms with van der Waals surface area (Å²) in [7, 11) is 1.86. The van der Waals surface area contributed by atoms with Gasteiger partial charge in [-0.05, 0) is 51.5 Å². The van der Waals surface area contributed by atoms with Crippen LogP contribution in [0.15, 0.2) is 24.5 Å². The number of fused-ring (bicyclic) bond motifs is 2. The lowest BCUT2D eigenvalue weighted by Gasteiger charge is -2.35. The average Bonchev–Trinajstić information content (AvgIpc) is 3.56. The van der Waals surface area contributed by atoms with E-state index >= 15 is 0 Å². The lowest BCUT2D eigenvalue weighted by Crippen LogP contribution is -2.38. The van der Waals surface area contributed by atoms with Gasteiger partial charge in [0.15, 0.2) is 11.3 Å². The van der Waals surface area contributed by atoms with E-state index in [9.17, 15) is 4.79 Å². The van der Waals surface area contributed by atoms with Crippen LogP contribution in [0.4, 0.5) is 5.82 Å². The van der Waals surface area contributed by atoms with E-state index in [1.165, 1.54) is 6.42 Å². The van der Waals surface area contributed by atoms with Crippen molar-refractivity contribution in [3.05, 3.63) is 47.0 Å². The molecule has 0 saturated carbocycles. The Morgan fingerprint density at radius 1 is 1.09 bits per heavy atom. The zero-order valence-corrected chi connectivity index (χ0v) is 20.9. The molecular weight excluding hydrogens is 440 g/mol. The van der Waals surface area contributed by atoms with Crippen LogP contribution >= 0.6 is 0 Å². The van der Waals surface area contributed by atoms with Gasteiger partial charge in [-0.3, -0.25) is 9.48 Å². The third-order valence-electron chi connectivity index (χ3n) is 7.52. The number of pyridine rings is 1. The summed E-state index contributed by atoms with van der Waals surface area (Å²) in [4.78, 5) is 27.8. The molecule has 2 aliphatic heterocycles. The minimum Gasteiger partial charge on any atom is -0.356 e. The molecule has 182 valence electrons. The Balaban J connectivity index is 1.36. The smallest absolute Gasteiger partial charge is 0.255 e. The number of aromatic nitrogens is 6. The molecule has 0 N–H and O–H groups in total. The monoisotopic (exact) mass is 472 g/mol. The van der Waals surface area contributed by atoms with E-state index in [0.717, 1.165) is 71.8 Å². The summed E-state index contributed by atoms with van der Waals surface area (Å²) in [5.41, 5.74) is 5.09. The fraction of sp³-hybridized carbons (Fsp3) is 0.500. The molecule has 6 rings (SSSR count). The zero-order chi connectivity index (χ0) is 24.3. The van der Waals surface area contributed by atoms with Crippen LogP contribution in [0.1, 0.15) is 66.0 Å². The number of rotatable bonds is 3. The molecule has 2 saturated heterocycles. The van der Waals surface area contributed by atoms with Gasteiger partial charge in [-0.25, -0.2) is 14.5 Å². The summed E-state index contributed by atoms with van der Waals surface area (Å²) >= 11 is 0. The fourth-order valence-corrected chi connectivity index (χ4v) is 5.68. The number of likely N-dealkylation sites (tertiary alicyclic amines) is 1. The lowest BCUT2D eigenvalue weighted by molar-refractivity contribution is 0.0607. The maximum atomic E-state index is 13.9. The van der Waals surface area contributed by atoms with Gasteiger partial charge in [-0.1, -0.05) is 6.92 Å². The highest BCUT2D eigenvalue weighted by molar-refractivity contribution is 6.05. The summed E-state index contributed by atoms with van der Waals surface area (Å²) in [5.74, 6) is 1.76. The molecule has 4 aromatic heterocycles.